The molecule has 2 aromatic rings. The molecule has 1 aromatic carbocycles. The zero-order chi connectivity index (χ0) is 17.3. The zero-order valence-corrected chi connectivity index (χ0v) is 13.5. The van der Waals surface area contributed by atoms with Gasteiger partial charge < -0.3 is 9.64 Å². The first-order valence-corrected chi connectivity index (χ1v) is 7.67. The van der Waals surface area contributed by atoms with Crippen molar-refractivity contribution in [2.45, 2.75) is 18.9 Å². The molecule has 3 rings (SSSR count). The normalized spacial score (nSPS) is 21.0. The minimum absolute atomic E-state index is 0.0188. The Morgan fingerprint density at radius 3 is 2.62 bits per heavy atom. The fraction of sp³-hybridized carbons (Fsp3) is 0.353. The summed E-state index contributed by atoms with van der Waals surface area (Å²) in [5.74, 6) is -1.07. The van der Waals surface area contributed by atoms with Crippen LogP contribution in [0.15, 0.2) is 36.7 Å². The molecule has 0 bridgehead atoms. The Hall–Kier alpha value is -2.70. The third kappa shape index (κ3) is 3.15. The number of carbonyl (C=O) groups excluding carboxylic acids is 2. The monoisotopic (exact) mass is 331 g/mol. The molecule has 0 aliphatic carbocycles. The Kier molecular flexibility index (Phi) is 4.33. The number of nitrogens with zero attached hydrogens (tertiary/aromatic N) is 3. The van der Waals surface area contributed by atoms with E-state index in [9.17, 15) is 14.0 Å². The molecule has 2 heterocycles. The van der Waals surface area contributed by atoms with Gasteiger partial charge in [0.15, 0.2) is 0 Å². The summed E-state index contributed by atoms with van der Waals surface area (Å²) >= 11 is 0. The maximum Gasteiger partial charge on any atom is 0.316 e. The van der Waals surface area contributed by atoms with Crippen molar-refractivity contribution in [2.24, 2.45) is 13.0 Å². The van der Waals surface area contributed by atoms with Crippen LogP contribution >= 0.6 is 0 Å². The van der Waals surface area contributed by atoms with E-state index in [0.29, 0.717) is 6.42 Å². The molecule has 126 valence electrons. The molecule has 1 amide bonds. The summed E-state index contributed by atoms with van der Waals surface area (Å²) in [6.07, 6.45) is 4.13. The van der Waals surface area contributed by atoms with Crippen LogP contribution in [-0.4, -0.2) is 33.6 Å². The molecule has 1 fully saturated rings. The number of carbonyl (C=O) groups is 2. The van der Waals surface area contributed by atoms with E-state index in [4.69, 9.17) is 4.74 Å². The van der Waals surface area contributed by atoms with E-state index < -0.39 is 23.7 Å². The van der Waals surface area contributed by atoms with Crippen LogP contribution in [0.1, 0.15) is 24.4 Å². The lowest BCUT2D eigenvalue weighted by Gasteiger charge is -2.37. The van der Waals surface area contributed by atoms with E-state index in [1.54, 1.807) is 36.1 Å². The predicted octanol–water partition coefficient (Wildman–Crippen LogP) is 2.07. The van der Waals surface area contributed by atoms with Crippen LogP contribution in [0, 0.1) is 11.7 Å². The summed E-state index contributed by atoms with van der Waals surface area (Å²) < 4.78 is 20.0. The SMILES string of the molecule is CN1C(=O)CC[C@@H](C(=O)Oc2ccc(F)cc2)[C@@H]1c1cnn(C)c1. The Morgan fingerprint density at radius 1 is 1.29 bits per heavy atom. The fourth-order valence-corrected chi connectivity index (χ4v) is 3.03. The molecule has 7 heteroatoms. The van der Waals surface area contributed by atoms with Crippen LogP contribution in [0.5, 0.6) is 5.75 Å². The molecule has 24 heavy (non-hydrogen) atoms. The number of aryl methyl sites for hydroxylation is 1. The first-order valence-electron chi connectivity index (χ1n) is 7.67. The van der Waals surface area contributed by atoms with Gasteiger partial charge in [-0.25, -0.2) is 4.39 Å². The van der Waals surface area contributed by atoms with E-state index in [1.807, 2.05) is 0 Å². The lowest BCUT2D eigenvalue weighted by Crippen LogP contribution is -2.44. The van der Waals surface area contributed by atoms with Crippen molar-refractivity contribution < 1.29 is 18.7 Å². The highest BCUT2D eigenvalue weighted by Gasteiger charge is 2.40. The molecule has 0 spiro atoms. The van der Waals surface area contributed by atoms with E-state index in [0.717, 1.165) is 5.56 Å². The molecule has 6 nitrogen and oxygen atoms in total. The molecule has 1 aromatic heterocycles. The quantitative estimate of drug-likeness (QED) is 0.638. The number of likely N-dealkylation sites (tertiary alicyclic amines) is 1. The number of halogens is 1. The Balaban J connectivity index is 1.84. The maximum absolute atomic E-state index is 13.0. The largest absolute Gasteiger partial charge is 0.426 e. The number of rotatable bonds is 3. The van der Waals surface area contributed by atoms with Crippen molar-refractivity contribution in [1.82, 2.24) is 14.7 Å². The average Bonchev–Trinajstić information content (AvgIpc) is 2.98. The molecule has 2 atom stereocenters. The van der Waals surface area contributed by atoms with Gasteiger partial charge in [-0.15, -0.1) is 0 Å². The van der Waals surface area contributed by atoms with E-state index in [2.05, 4.69) is 5.10 Å². The molecule has 1 saturated heterocycles. The number of ether oxygens (including phenoxy) is 1. The van der Waals surface area contributed by atoms with Crippen LogP contribution in [-0.2, 0) is 16.6 Å². The van der Waals surface area contributed by atoms with Crippen LogP contribution in [0.3, 0.4) is 0 Å². The summed E-state index contributed by atoms with van der Waals surface area (Å²) in [5, 5.41) is 4.12. The second-order valence-electron chi connectivity index (χ2n) is 5.92. The molecule has 1 aliphatic heterocycles. The van der Waals surface area contributed by atoms with E-state index in [1.165, 1.54) is 24.3 Å². The van der Waals surface area contributed by atoms with Gasteiger partial charge in [0, 0.05) is 32.3 Å². The smallest absolute Gasteiger partial charge is 0.316 e. The molecular formula is C17H18FN3O3. The highest BCUT2D eigenvalue weighted by atomic mass is 19.1. The molecular weight excluding hydrogens is 313 g/mol. The second-order valence-corrected chi connectivity index (χ2v) is 5.92. The minimum atomic E-state index is -0.498. The summed E-state index contributed by atoms with van der Waals surface area (Å²) in [4.78, 5) is 26.2. The first kappa shape index (κ1) is 16.2. The average molecular weight is 331 g/mol. The molecule has 0 saturated carbocycles. The maximum atomic E-state index is 13.0. The van der Waals surface area contributed by atoms with Crippen molar-refractivity contribution in [3.63, 3.8) is 0 Å². The van der Waals surface area contributed by atoms with Crippen molar-refractivity contribution in [3.8, 4) is 5.75 Å². The number of esters is 1. The third-order valence-electron chi connectivity index (χ3n) is 4.26. The standard InChI is InChI=1S/C17H18FN3O3/c1-20-10-11(9-19-20)16-14(7-8-15(22)21(16)2)17(23)24-13-5-3-12(18)4-6-13/h3-6,9-10,14,16H,7-8H2,1-2H3/t14-,16+/m1/s1. The van der Waals surface area contributed by atoms with Crippen LogP contribution in [0.25, 0.3) is 0 Å². The van der Waals surface area contributed by atoms with Crippen LogP contribution in [0.2, 0.25) is 0 Å². The topological polar surface area (TPSA) is 64.4 Å². The molecule has 0 N–H and O–H groups in total. The van der Waals surface area contributed by atoms with Crippen LogP contribution in [0.4, 0.5) is 4.39 Å². The molecule has 1 aliphatic rings. The van der Waals surface area contributed by atoms with E-state index in [-0.39, 0.29) is 18.1 Å². The Bertz CT molecular complexity index is 757. The number of piperidine rings is 1. The van der Waals surface area contributed by atoms with Gasteiger partial charge in [-0.2, -0.15) is 5.10 Å². The van der Waals surface area contributed by atoms with E-state index >= 15 is 0 Å². The fourth-order valence-electron chi connectivity index (χ4n) is 3.03. The van der Waals surface area contributed by atoms with Gasteiger partial charge >= 0.3 is 5.97 Å². The second kappa shape index (κ2) is 6.43. The summed E-state index contributed by atoms with van der Waals surface area (Å²) in [6, 6.07) is 4.86. The van der Waals surface area contributed by atoms with Crippen molar-refractivity contribution in [3.05, 3.63) is 48.0 Å². The minimum Gasteiger partial charge on any atom is -0.426 e. The van der Waals surface area contributed by atoms with Gasteiger partial charge in [0.2, 0.25) is 5.91 Å². The number of benzene rings is 1. The summed E-state index contributed by atoms with van der Waals surface area (Å²) in [6.45, 7) is 0. The summed E-state index contributed by atoms with van der Waals surface area (Å²) in [7, 11) is 3.46. The third-order valence-corrected chi connectivity index (χ3v) is 4.26. The number of aromatic nitrogens is 2. The van der Waals surface area contributed by atoms with Crippen molar-refractivity contribution >= 4 is 11.9 Å². The lowest BCUT2D eigenvalue weighted by atomic mass is 9.86. The van der Waals surface area contributed by atoms with Gasteiger partial charge in [0.05, 0.1) is 18.2 Å². The first-order chi connectivity index (χ1) is 11.5. The number of amides is 1. The highest BCUT2D eigenvalue weighted by molar-refractivity contribution is 5.83. The van der Waals surface area contributed by atoms with Crippen molar-refractivity contribution in [1.29, 1.82) is 0 Å². The molecule has 0 unspecified atom stereocenters. The van der Waals surface area contributed by atoms with Gasteiger partial charge in [-0.05, 0) is 30.7 Å². The zero-order valence-electron chi connectivity index (χ0n) is 13.5. The van der Waals surface area contributed by atoms with Gasteiger partial charge in [-0.1, -0.05) is 0 Å². The predicted molar refractivity (Wildman–Crippen MR) is 83.5 cm³/mol. The van der Waals surface area contributed by atoms with Crippen molar-refractivity contribution in [2.75, 3.05) is 7.05 Å². The van der Waals surface area contributed by atoms with Gasteiger partial charge in [0.1, 0.15) is 11.6 Å². The Morgan fingerprint density at radius 2 is 2.00 bits per heavy atom. The van der Waals surface area contributed by atoms with Crippen LogP contribution < -0.4 is 4.74 Å². The van der Waals surface area contributed by atoms with Gasteiger partial charge in [-0.3, -0.25) is 14.3 Å². The highest BCUT2D eigenvalue weighted by Crippen LogP contribution is 2.36. The molecule has 0 radical (unpaired) electrons. The summed E-state index contributed by atoms with van der Waals surface area (Å²) in [5.41, 5.74) is 0.786. The number of hydrogen-bond donors (Lipinski definition) is 0. The van der Waals surface area contributed by atoms with Gasteiger partial charge in [0.25, 0.3) is 0 Å². The number of hydrogen-bond acceptors (Lipinski definition) is 4. The lowest BCUT2D eigenvalue weighted by molar-refractivity contribution is -0.148. The Labute approximate surface area is 138 Å².